The number of pyridine rings is 1. The first-order chi connectivity index (χ1) is 17.9. The highest BCUT2D eigenvalue weighted by atomic mass is 35.5. The Morgan fingerprint density at radius 3 is 2.70 bits per heavy atom. The molecule has 0 atom stereocenters. The van der Waals surface area contributed by atoms with Crippen LogP contribution in [-0.4, -0.2) is 33.3 Å². The van der Waals surface area contributed by atoms with Gasteiger partial charge in [-0.2, -0.15) is 0 Å². The summed E-state index contributed by atoms with van der Waals surface area (Å²) in [6, 6.07) is 16.5. The summed E-state index contributed by atoms with van der Waals surface area (Å²) in [4.78, 5) is 36.6. The summed E-state index contributed by atoms with van der Waals surface area (Å²) in [6.45, 7) is 5.82. The van der Waals surface area contributed by atoms with Crippen LogP contribution in [0.2, 0.25) is 5.02 Å². The van der Waals surface area contributed by atoms with Crippen molar-refractivity contribution in [1.29, 1.82) is 0 Å². The highest BCUT2D eigenvalue weighted by molar-refractivity contribution is 6.32. The lowest BCUT2D eigenvalue weighted by Gasteiger charge is -2.12. The highest BCUT2D eigenvalue weighted by Crippen LogP contribution is 2.31. The molecule has 3 N–H and O–H groups in total. The molecule has 188 valence electrons. The minimum atomic E-state index is -0.325. The largest absolute Gasteiger partial charge is 0.486 e. The second-order valence-electron chi connectivity index (χ2n) is 8.08. The number of nitrogens with one attached hydrogen (secondary N) is 3. The topological polar surface area (TPSA) is 118 Å². The Kier molecular flexibility index (Phi) is 8.27. The van der Waals surface area contributed by atoms with Crippen LogP contribution < -0.4 is 20.7 Å². The molecular weight excluding hydrogens is 492 g/mol. The van der Waals surface area contributed by atoms with Crippen molar-refractivity contribution < 1.29 is 14.3 Å². The van der Waals surface area contributed by atoms with Crippen molar-refractivity contribution in [3.8, 4) is 5.75 Å². The number of carbonyl (C=O) groups excluding carboxylic acids is 2. The molecule has 10 heteroatoms. The van der Waals surface area contributed by atoms with Gasteiger partial charge in [-0.15, -0.1) is 0 Å². The van der Waals surface area contributed by atoms with Crippen molar-refractivity contribution in [3.05, 3.63) is 90.0 Å². The van der Waals surface area contributed by atoms with E-state index in [2.05, 4.69) is 37.5 Å². The Hall–Kier alpha value is -4.50. The van der Waals surface area contributed by atoms with Gasteiger partial charge in [0.2, 0.25) is 11.8 Å². The van der Waals surface area contributed by atoms with Gasteiger partial charge in [-0.05, 0) is 61.5 Å². The fourth-order valence-corrected chi connectivity index (χ4v) is 3.73. The van der Waals surface area contributed by atoms with Gasteiger partial charge in [0.15, 0.2) is 0 Å². The van der Waals surface area contributed by atoms with Gasteiger partial charge in [0, 0.05) is 35.4 Å². The molecule has 0 aliphatic rings. The average Bonchev–Trinajstić information content (AvgIpc) is 2.88. The number of hydrogen-bond acceptors (Lipinski definition) is 7. The fraction of sp³-hybridized carbons (Fsp3) is 0.148. The second kappa shape index (κ2) is 12.0. The minimum Gasteiger partial charge on any atom is -0.486 e. The van der Waals surface area contributed by atoms with Gasteiger partial charge in [-0.25, -0.2) is 9.97 Å². The molecule has 9 nitrogen and oxygen atoms in total. The van der Waals surface area contributed by atoms with Crippen LogP contribution in [0.4, 0.5) is 17.2 Å². The molecule has 0 saturated heterocycles. The number of anilines is 3. The number of fused-ring (bicyclic) bond motifs is 1. The summed E-state index contributed by atoms with van der Waals surface area (Å²) >= 11 is 6.47. The predicted molar refractivity (Wildman–Crippen MR) is 144 cm³/mol. The Labute approximate surface area is 219 Å². The van der Waals surface area contributed by atoms with Crippen LogP contribution in [0, 0.1) is 6.92 Å². The number of aromatic nitrogens is 3. The third-order valence-electron chi connectivity index (χ3n) is 5.27. The molecular formula is C27H25ClN6O3. The molecule has 0 aliphatic heterocycles. The van der Waals surface area contributed by atoms with Gasteiger partial charge >= 0.3 is 0 Å². The maximum atomic E-state index is 12.3. The molecule has 0 unspecified atom stereocenters. The lowest BCUT2D eigenvalue weighted by Crippen LogP contribution is -2.25. The van der Waals surface area contributed by atoms with E-state index in [1.165, 1.54) is 6.33 Å². The van der Waals surface area contributed by atoms with Gasteiger partial charge < -0.3 is 20.7 Å². The monoisotopic (exact) mass is 516 g/mol. The van der Waals surface area contributed by atoms with Gasteiger partial charge in [-0.3, -0.25) is 14.6 Å². The summed E-state index contributed by atoms with van der Waals surface area (Å²) in [6.07, 6.45) is 2.74. The number of rotatable bonds is 10. The average molecular weight is 517 g/mol. The maximum absolute atomic E-state index is 12.3. The van der Waals surface area contributed by atoms with Gasteiger partial charge in [0.1, 0.15) is 24.5 Å². The molecule has 2 aromatic heterocycles. The summed E-state index contributed by atoms with van der Waals surface area (Å²) in [5, 5.41) is 9.80. The number of ether oxygens (including phenoxy) is 1. The zero-order valence-electron chi connectivity index (χ0n) is 20.1. The summed E-state index contributed by atoms with van der Waals surface area (Å²) in [7, 11) is 0. The summed E-state index contributed by atoms with van der Waals surface area (Å²) < 4.78 is 5.84. The lowest BCUT2D eigenvalue weighted by molar-refractivity contribution is -0.117. The van der Waals surface area contributed by atoms with Crippen LogP contribution in [0.15, 0.2) is 73.6 Å². The molecule has 0 fully saturated rings. The quantitative estimate of drug-likeness (QED) is 0.255. The first-order valence-electron chi connectivity index (χ1n) is 11.5. The smallest absolute Gasteiger partial charge is 0.243 e. The molecule has 0 spiro atoms. The first kappa shape index (κ1) is 25.6. The van der Waals surface area contributed by atoms with Crippen molar-refractivity contribution >= 4 is 51.5 Å². The maximum Gasteiger partial charge on any atom is 0.243 e. The second-order valence-corrected chi connectivity index (χ2v) is 8.48. The zero-order valence-corrected chi connectivity index (χ0v) is 20.9. The third-order valence-corrected chi connectivity index (χ3v) is 5.57. The molecule has 37 heavy (non-hydrogen) atoms. The Bertz CT molecular complexity index is 1460. The minimum absolute atomic E-state index is 0.126. The Morgan fingerprint density at radius 1 is 1.08 bits per heavy atom. The molecule has 2 heterocycles. The van der Waals surface area contributed by atoms with E-state index < -0.39 is 0 Å². The van der Waals surface area contributed by atoms with E-state index in [0.29, 0.717) is 45.5 Å². The third kappa shape index (κ3) is 7.02. The Balaban J connectivity index is 1.44. The van der Waals surface area contributed by atoms with Crippen molar-refractivity contribution in [3.63, 3.8) is 0 Å². The van der Waals surface area contributed by atoms with Crippen LogP contribution in [0.1, 0.15) is 17.8 Å². The van der Waals surface area contributed by atoms with Crippen molar-refractivity contribution in [1.82, 2.24) is 20.3 Å². The number of amides is 2. The molecule has 0 radical (unpaired) electrons. The molecule has 4 aromatic rings. The number of hydrogen-bond donors (Lipinski definition) is 3. The van der Waals surface area contributed by atoms with Crippen LogP contribution in [0.5, 0.6) is 5.75 Å². The zero-order chi connectivity index (χ0) is 26.2. The van der Waals surface area contributed by atoms with Crippen LogP contribution in [-0.2, 0) is 16.2 Å². The van der Waals surface area contributed by atoms with E-state index in [-0.39, 0.29) is 24.8 Å². The molecule has 0 aliphatic carbocycles. The number of benzene rings is 2. The number of nitrogens with zero attached hydrogens (tertiary/aromatic N) is 3. The lowest BCUT2D eigenvalue weighted by atomic mass is 10.2. The van der Waals surface area contributed by atoms with Crippen LogP contribution in [0.25, 0.3) is 10.9 Å². The van der Waals surface area contributed by atoms with E-state index in [0.717, 1.165) is 17.5 Å². The van der Waals surface area contributed by atoms with E-state index >= 15 is 0 Å². The number of halogens is 1. The molecule has 4 rings (SSSR count). The van der Waals surface area contributed by atoms with Gasteiger partial charge in [0.25, 0.3) is 0 Å². The van der Waals surface area contributed by atoms with E-state index in [4.69, 9.17) is 16.3 Å². The fourth-order valence-electron chi connectivity index (χ4n) is 3.49. The molecule has 2 aromatic carbocycles. The van der Waals surface area contributed by atoms with Crippen molar-refractivity contribution in [2.45, 2.75) is 20.0 Å². The van der Waals surface area contributed by atoms with Crippen molar-refractivity contribution in [2.24, 2.45) is 0 Å². The van der Waals surface area contributed by atoms with E-state index in [9.17, 15) is 9.59 Å². The highest BCUT2D eigenvalue weighted by Gasteiger charge is 2.10. The SMILES string of the molecule is C=CC(=O)NCCC(=O)Nc1ccc2ncnc(Nc3ccc(OCc4cccc(C)n4)c(Cl)c3)c2c1. The molecule has 0 bridgehead atoms. The number of aryl methyl sites for hydroxylation is 1. The number of carbonyl (C=O) groups is 2. The predicted octanol–water partition coefficient (Wildman–Crippen LogP) is 4.94. The van der Waals surface area contributed by atoms with Gasteiger partial charge in [0.05, 0.1) is 16.2 Å². The normalized spacial score (nSPS) is 10.5. The molecule has 2 amide bonds. The first-order valence-corrected chi connectivity index (χ1v) is 11.9. The van der Waals surface area contributed by atoms with E-state index in [1.807, 2.05) is 31.2 Å². The van der Waals surface area contributed by atoms with Gasteiger partial charge in [-0.1, -0.05) is 24.2 Å². The summed E-state index contributed by atoms with van der Waals surface area (Å²) in [5.74, 6) is 0.526. The Morgan fingerprint density at radius 2 is 1.92 bits per heavy atom. The molecule has 0 saturated carbocycles. The standard InChI is InChI=1S/C27H25ClN6O3/c1-3-25(35)29-12-11-26(36)33-18-7-9-23-21(13-18)27(31-16-30-23)34-19-8-10-24(22(28)14-19)37-15-20-6-4-5-17(2)32-20/h3-10,13-14,16H,1,11-12,15H2,2H3,(H,29,35)(H,33,36)(H,30,31,34). The van der Waals surface area contributed by atoms with Crippen molar-refractivity contribution in [2.75, 3.05) is 17.2 Å². The van der Waals surface area contributed by atoms with Crippen LogP contribution in [0.3, 0.4) is 0 Å². The van der Waals surface area contributed by atoms with Crippen LogP contribution >= 0.6 is 11.6 Å². The van der Waals surface area contributed by atoms with E-state index in [1.54, 1.807) is 30.3 Å². The summed E-state index contributed by atoms with van der Waals surface area (Å²) in [5.41, 5.74) is 3.72.